The Morgan fingerprint density at radius 3 is 2.18 bits per heavy atom. The van der Waals surface area contributed by atoms with Crippen molar-refractivity contribution in [3.05, 3.63) is 34.3 Å². The Balaban J connectivity index is 1.95. The van der Waals surface area contributed by atoms with Crippen LogP contribution in [-0.4, -0.2) is 18.0 Å². The van der Waals surface area contributed by atoms with E-state index in [2.05, 4.69) is 72.8 Å². The van der Waals surface area contributed by atoms with Crippen molar-refractivity contribution in [2.45, 2.75) is 33.7 Å². The highest BCUT2D eigenvalue weighted by Gasteiger charge is 2.37. The third-order valence-corrected chi connectivity index (χ3v) is 4.56. The van der Waals surface area contributed by atoms with Crippen LogP contribution in [0.15, 0.2) is 28.7 Å². The van der Waals surface area contributed by atoms with Gasteiger partial charge in [-0.15, -0.1) is 0 Å². The van der Waals surface area contributed by atoms with Crippen LogP contribution in [0.2, 0.25) is 0 Å². The molecule has 0 N–H and O–H groups in total. The molecule has 1 saturated heterocycles. The van der Waals surface area contributed by atoms with Crippen LogP contribution in [0.4, 0.5) is 0 Å². The third kappa shape index (κ3) is 2.92. The predicted molar refractivity (Wildman–Crippen MR) is 77.1 cm³/mol. The van der Waals surface area contributed by atoms with Gasteiger partial charge in [0.2, 0.25) is 0 Å². The molecule has 94 valence electrons. The summed E-state index contributed by atoms with van der Waals surface area (Å²) in [4.78, 5) is 2.57. The summed E-state index contributed by atoms with van der Waals surface area (Å²) >= 11 is 3.48. The van der Waals surface area contributed by atoms with Crippen molar-refractivity contribution >= 4 is 15.9 Å². The van der Waals surface area contributed by atoms with Gasteiger partial charge in [-0.05, 0) is 36.0 Å². The van der Waals surface area contributed by atoms with Crippen LogP contribution in [0.3, 0.4) is 0 Å². The van der Waals surface area contributed by atoms with Gasteiger partial charge in [0.25, 0.3) is 0 Å². The van der Waals surface area contributed by atoms with E-state index in [1.807, 2.05) is 0 Å². The first-order valence-electron chi connectivity index (χ1n) is 6.37. The van der Waals surface area contributed by atoms with Crippen molar-refractivity contribution in [3.8, 4) is 0 Å². The second-order valence-electron chi connectivity index (χ2n) is 6.24. The van der Waals surface area contributed by atoms with Crippen LogP contribution in [0.5, 0.6) is 0 Å². The van der Waals surface area contributed by atoms with Crippen LogP contribution in [-0.2, 0) is 0 Å². The smallest absolute Gasteiger partial charge is 0.0320 e. The van der Waals surface area contributed by atoms with Gasteiger partial charge in [0, 0.05) is 23.6 Å². The van der Waals surface area contributed by atoms with Gasteiger partial charge < -0.3 is 0 Å². The number of rotatable bonds is 2. The molecule has 17 heavy (non-hydrogen) atoms. The molecule has 1 aliphatic rings. The van der Waals surface area contributed by atoms with E-state index < -0.39 is 0 Å². The monoisotopic (exact) mass is 295 g/mol. The van der Waals surface area contributed by atoms with Crippen LogP contribution < -0.4 is 0 Å². The van der Waals surface area contributed by atoms with E-state index in [0.29, 0.717) is 11.5 Å². The molecule has 1 aliphatic heterocycles. The predicted octanol–water partition coefficient (Wildman–Crippen LogP) is 4.49. The second-order valence-corrected chi connectivity index (χ2v) is 7.16. The van der Waals surface area contributed by atoms with E-state index in [4.69, 9.17) is 0 Å². The number of likely N-dealkylation sites (tertiary alicyclic amines) is 1. The van der Waals surface area contributed by atoms with Crippen LogP contribution >= 0.6 is 15.9 Å². The topological polar surface area (TPSA) is 3.24 Å². The van der Waals surface area contributed by atoms with E-state index in [1.54, 1.807) is 0 Å². The van der Waals surface area contributed by atoms with Crippen molar-refractivity contribution in [2.24, 2.45) is 11.3 Å². The van der Waals surface area contributed by atoms with Gasteiger partial charge in [0.15, 0.2) is 0 Å². The van der Waals surface area contributed by atoms with Crippen molar-refractivity contribution in [3.63, 3.8) is 0 Å². The molecule has 2 heteroatoms. The Morgan fingerprint density at radius 1 is 1.18 bits per heavy atom. The second kappa shape index (κ2) is 4.74. The molecule has 1 nitrogen and oxygen atoms in total. The number of nitrogens with zero attached hydrogens (tertiary/aromatic N) is 1. The van der Waals surface area contributed by atoms with Crippen LogP contribution in [0, 0.1) is 11.3 Å². The van der Waals surface area contributed by atoms with Gasteiger partial charge in [-0.25, -0.2) is 0 Å². The zero-order chi connectivity index (χ0) is 12.6. The summed E-state index contributed by atoms with van der Waals surface area (Å²) in [7, 11) is 0. The van der Waals surface area contributed by atoms with Gasteiger partial charge in [0.1, 0.15) is 0 Å². The van der Waals surface area contributed by atoms with E-state index in [9.17, 15) is 0 Å². The molecular weight excluding hydrogens is 274 g/mol. The molecule has 1 fully saturated rings. The Hall–Kier alpha value is -0.340. The third-order valence-electron chi connectivity index (χ3n) is 4.03. The fourth-order valence-electron chi connectivity index (χ4n) is 2.33. The number of hydrogen-bond donors (Lipinski definition) is 0. The summed E-state index contributed by atoms with van der Waals surface area (Å²) in [5, 5.41) is 0. The average molecular weight is 296 g/mol. The SMILES string of the molecule is CC(c1ccc(Br)cc1)N1CC(C(C)(C)C)C1. The highest BCUT2D eigenvalue weighted by Crippen LogP contribution is 2.38. The minimum atomic E-state index is 0.454. The Kier molecular flexibility index (Phi) is 3.65. The summed E-state index contributed by atoms with van der Waals surface area (Å²) in [6.45, 7) is 11.8. The molecule has 2 rings (SSSR count). The van der Waals surface area contributed by atoms with Crippen LogP contribution in [0.1, 0.15) is 39.3 Å². The Bertz CT molecular complexity index is 371. The van der Waals surface area contributed by atoms with Gasteiger partial charge in [0.05, 0.1) is 0 Å². The molecule has 1 aromatic rings. The van der Waals surface area contributed by atoms with Crippen molar-refractivity contribution in [1.82, 2.24) is 4.90 Å². The summed E-state index contributed by atoms with van der Waals surface area (Å²) in [6, 6.07) is 9.25. The van der Waals surface area contributed by atoms with E-state index in [1.165, 1.54) is 18.7 Å². The highest BCUT2D eigenvalue weighted by molar-refractivity contribution is 9.10. The van der Waals surface area contributed by atoms with E-state index in [0.717, 1.165) is 10.4 Å². The molecule has 0 bridgehead atoms. The summed E-state index contributed by atoms with van der Waals surface area (Å²) in [5.41, 5.74) is 1.87. The first-order chi connectivity index (χ1) is 7.88. The van der Waals surface area contributed by atoms with Crippen molar-refractivity contribution in [2.75, 3.05) is 13.1 Å². The largest absolute Gasteiger partial charge is 0.296 e. The minimum absolute atomic E-state index is 0.454. The van der Waals surface area contributed by atoms with Gasteiger partial charge in [-0.3, -0.25) is 4.90 Å². The molecule has 0 aromatic heterocycles. The Labute approximate surface area is 113 Å². The van der Waals surface area contributed by atoms with Crippen molar-refractivity contribution in [1.29, 1.82) is 0 Å². The molecule has 0 amide bonds. The lowest BCUT2D eigenvalue weighted by Gasteiger charge is -2.49. The maximum atomic E-state index is 3.48. The molecule has 0 saturated carbocycles. The first-order valence-corrected chi connectivity index (χ1v) is 7.17. The zero-order valence-electron chi connectivity index (χ0n) is 11.2. The summed E-state index contributed by atoms with van der Waals surface area (Å²) in [5.74, 6) is 0.848. The molecule has 1 atom stereocenters. The molecule has 1 aromatic carbocycles. The van der Waals surface area contributed by atoms with Crippen LogP contribution in [0.25, 0.3) is 0 Å². The van der Waals surface area contributed by atoms with Crippen molar-refractivity contribution < 1.29 is 0 Å². The van der Waals surface area contributed by atoms with Gasteiger partial charge >= 0.3 is 0 Å². The van der Waals surface area contributed by atoms with Gasteiger partial charge in [-0.2, -0.15) is 0 Å². The average Bonchev–Trinajstić information content (AvgIpc) is 2.13. The standard InChI is InChI=1S/C15H22BrN/c1-11(12-5-7-14(16)8-6-12)17-9-13(10-17)15(2,3)4/h5-8,11,13H,9-10H2,1-4H3. The first kappa shape index (κ1) is 13.1. The highest BCUT2D eigenvalue weighted by atomic mass is 79.9. The quantitative estimate of drug-likeness (QED) is 0.777. The number of halogens is 1. The molecule has 0 spiro atoms. The molecule has 0 radical (unpaired) electrons. The number of benzene rings is 1. The fraction of sp³-hybridized carbons (Fsp3) is 0.600. The minimum Gasteiger partial charge on any atom is -0.296 e. The summed E-state index contributed by atoms with van der Waals surface area (Å²) < 4.78 is 1.16. The molecule has 1 unspecified atom stereocenters. The van der Waals surface area contributed by atoms with E-state index in [-0.39, 0.29) is 0 Å². The summed E-state index contributed by atoms with van der Waals surface area (Å²) in [6.07, 6.45) is 0. The molecular formula is C15H22BrN. The maximum Gasteiger partial charge on any atom is 0.0320 e. The fourth-order valence-corrected chi connectivity index (χ4v) is 2.59. The zero-order valence-corrected chi connectivity index (χ0v) is 12.8. The number of hydrogen-bond acceptors (Lipinski definition) is 1. The lowest BCUT2D eigenvalue weighted by Crippen LogP contribution is -2.52. The van der Waals surface area contributed by atoms with E-state index >= 15 is 0 Å². The maximum absolute atomic E-state index is 3.48. The van der Waals surface area contributed by atoms with Gasteiger partial charge in [-0.1, -0.05) is 48.8 Å². The lowest BCUT2D eigenvalue weighted by molar-refractivity contribution is -0.00270. The molecule has 1 heterocycles. The normalized spacial score (nSPS) is 20.1. The Morgan fingerprint density at radius 2 is 1.71 bits per heavy atom. The molecule has 0 aliphatic carbocycles. The lowest BCUT2D eigenvalue weighted by atomic mass is 9.75.